The quantitative estimate of drug-likeness (QED) is 0.330. The Bertz CT molecular complexity index is 147. The summed E-state index contributed by atoms with van der Waals surface area (Å²) in [6, 6.07) is 0. The first-order chi connectivity index (χ1) is 4.68. The van der Waals surface area contributed by atoms with E-state index in [-0.39, 0.29) is 5.78 Å². The highest BCUT2D eigenvalue weighted by atomic mass is 16.5. The molecule has 0 rings (SSSR count). The van der Waals surface area contributed by atoms with Gasteiger partial charge in [0.05, 0.1) is 12.9 Å². The second-order valence-corrected chi connectivity index (χ2v) is 1.99. The van der Waals surface area contributed by atoms with Crippen LogP contribution in [-0.4, -0.2) is 12.4 Å². The van der Waals surface area contributed by atoms with Gasteiger partial charge in [-0.25, -0.2) is 0 Å². The van der Waals surface area contributed by atoms with Gasteiger partial charge in [0, 0.05) is 6.42 Å². The molecule has 0 unspecified atom stereocenters. The van der Waals surface area contributed by atoms with Crippen LogP contribution in [0.5, 0.6) is 0 Å². The van der Waals surface area contributed by atoms with Crippen LogP contribution in [0, 0.1) is 0 Å². The molecule has 0 radical (unpaired) electrons. The van der Waals surface area contributed by atoms with E-state index < -0.39 is 0 Å². The van der Waals surface area contributed by atoms with E-state index in [0.29, 0.717) is 18.6 Å². The second kappa shape index (κ2) is 4.79. The summed E-state index contributed by atoms with van der Waals surface area (Å²) < 4.78 is 4.76. The Morgan fingerprint density at radius 1 is 1.70 bits per heavy atom. The van der Waals surface area contributed by atoms with Crippen LogP contribution in [-0.2, 0) is 9.53 Å². The van der Waals surface area contributed by atoms with E-state index in [1.54, 1.807) is 6.92 Å². The van der Waals surface area contributed by atoms with Gasteiger partial charge in [0.15, 0.2) is 5.78 Å². The number of ether oxygens (including phenoxy) is 1. The molecule has 56 valence electrons. The Hall–Kier alpha value is -1.05. The van der Waals surface area contributed by atoms with Crippen molar-refractivity contribution in [1.29, 1.82) is 0 Å². The standard InChI is InChI=1S/C8H12O2/c1-4-10-6-5-8(9)7(2)3/h4H,1-2,5-6H2,3H3. The highest BCUT2D eigenvalue weighted by Gasteiger charge is 1.99. The van der Waals surface area contributed by atoms with Gasteiger partial charge in [-0.3, -0.25) is 4.79 Å². The fraction of sp³-hybridized carbons (Fsp3) is 0.375. The molecule has 2 nitrogen and oxygen atoms in total. The Morgan fingerprint density at radius 3 is 2.70 bits per heavy atom. The van der Waals surface area contributed by atoms with Gasteiger partial charge in [0.25, 0.3) is 0 Å². The average Bonchev–Trinajstić information content (AvgIpc) is 1.88. The summed E-state index contributed by atoms with van der Waals surface area (Å²) in [5, 5.41) is 0. The van der Waals surface area contributed by atoms with E-state index in [0.717, 1.165) is 0 Å². The molecule has 0 aliphatic rings. The van der Waals surface area contributed by atoms with Crippen LogP contribution in [0.15, 0.2) is 25.0 Å². The van der Waals surface area contributed by atoms with Gasteiger partial charge in [0.1, 0.15) is 0 Å². The lowest BCUT2D eigenvalue weighted by Gasteiger charge is -1.98. The predicted octanol–water partition coefficient (Wildman–Crippen LogP) is 1.68. The molecule has 0 amide bonds. The first-order valence-corrected chi connectivity index (χ1v) is 3.09. The molecule has 2 heteroatoms. The summed E-state index contributed by atoms with van der Waals surface area (Å²) in [4.78, 5) is 10.8. The lowest BCUT2D eigenvalue weighted by molar-refractivity contribution is -0.116. The molecular formula is C8H12O2. The van der Waals surface area contributed by atoms with E-state index in [9.17, 15) is 4.79 Å². The number of ketones is 1. The Kier molecular flexibility index (Phi) is 4.29. The van der Waals surface area contributed by atoms with Crippen molar-refractivity contribution in [1.82, 2.24) is 0 Å². The normalized spacial score (nSPS) is 8.50. The third kappa shape index (κ3) is 3.89. The summed E-state index contributed by atoms with van der Waals surface area (Å²) in [6.07, 6.45) is 1.72. The third-order valence-corrected chi connectivity index (χ3v) is 1.04. The smallest absolute Gasteiger partial charge is 0.161 e. The van der Waals surface area contributed by atoms with E-state index in [1.165, 1.54) is 6.26 Å². The fourth-order valence-corrected chi connectivity index (χ4v) is 0.448. The molecular weight excluding hydrogens is 128 g/mol. The van der Waals surface area contributed by atoms with E-state index >= 15 is 0 Å². The van der Waals surface area contributed by atoms with Crippen LogP contribution in [0.4, 0.5) is 0 Å². The van der Waals surface area contributed by atoms with Gasteiger partial charge < -0.3 is 4.74 Å². The van der Waals surface area contributed by atoms with E-state index in [4.69, 9.17) is 4.74 Å². The van der Waals surface area contributed by atoms with Crippen molar-refractivity contribution >= 4 is 5.78 Å². The number of Topliss-reactive ketones (excluding diaryl/α,β-unsaturated/α-hetero) is 1. The number of carbonyl (C=O) groups excluding carboxylic acids is 1. The molecule has 0 saturated heterocycles. The van der Waals surface area contributed by atoms with Crippen LogP contribution < -0.4 is 0 Å². The van der Waals surface area contributed by atoms with Crippen molar-refractivity contribution in [2.45, 2.75) is 13.3 Å². The van der Waals surface area contributed by atoms with Crippen LogP contribution >= 0.6 is 0 Å². The summed E-state index contributed by atoms with van der Waals surface area (Å²) in [5.74, 6) is 0.0434. The van der Waals surface area contributed by atoms with Gasteiger partial charge in [-0.05, 0) is 12.5 Å². The first kappa shape index (κ1) is 8.95. The zero-order valence-electron chi connectivity index (χ0n) is 6.22. The van der Waals surface area contributed by atoms with E-state index in [2.05, 4.69) is 13.2 Å². The van der Waals surface area contributed by atoms with E-state index in [1.807, 2.05) is 0 Å². The maximum atomic E-state index is 10.8. The zero-order valence-corrected chi connectivity index (χ0v) is 6.22. The molecule has 0 aromatic rings. The molecule has 0 spiro atoms. The van der Waals surface area contributed by atoms with Crippen molar-refractivity contribution in [2.75, 3.05) is 6.61 Å². The van der Waals surface area contributed by atoms with Crippen LogP contribution in [0.3, 0.4) is 0 Å². The number of hydrogen-bond donors (Lipinski definition) is 0. The lowest BCUT2D eigenvalue weighted by atomic mass is 10.2. The van der Waals surface area contributed by atoms with Gasteiger partial charge >= 0.3 is 0 Å². The minimum absolute atomic E-state index is 0.0434. The van der Waals surface area contributed by atoms with Crippen LogP contribution in [0.1, 0.15) is 13.3 Å². The van der Waals surface area contributed by atoms with Gasteiger partial charge in [-0.2, -0.15) is 0 Å². The molecule has 0 aliphatic heterocycles. The van der Waals surface area contributed by atoms with Crippen molar-refractivity contribution in [3.63, 3.8) is 0 Å². The highest BCUT2D eigenvalue weighted by Crippen LogP contribution is 1.95. The molecule has 10 heavy (non-hydrogen) atoms. The molecule has 0 fully saturated rings. The maximum Gasteiger partial charge on any atom is 0.161 e. The predicted molar refractivity (Wildman–Crippen MR) is 40.6 cm³/mol. The molecule has 0 bridgehead atoms. The van der Waals surface area contributed by atoms with Gasteiger partial charge in [0.2, 0.25) is 0 Å². The molecule has 0 heterocycles. The minimum atomic E-state index is 0.0434. The van der Waals surface area contributed by atoms with Crippen molar-refractivity contribution < 1.29 is 9.53 Å². The summed E-state index contributed by atoms with van der Waals surface area (Å²) >= 11 is 0. The summed E-state index contributed by atoms with van der Waals surface area (Å²) in [7, 11) is 0. The maximum absolute atomic E-state index is 10.8. The average molecular weight is 140 g/mol. The molecule has 0 aliphatic carbocycles. The van der Waals surface area contributed by atoms with Crippen LogP contribution in [0.2, 0.25) is 0 Å². The Balaban J connectivity index is 3.40. The summed E-state index contributed by atoms with van der Waals surface area (Å²) in [6.45, 7) is 8.94. The number of carbonyl (C=O) groups is 1. The number of hydrogen-bond acceptors (Lipinski definition) is 2. The lowest BCUT2D eigenvalue weighted by Crippen LogP contribution is -2.01. The Labute approximate surface area is 61.2 Å². The molecule has 0 saturated carbocycles. The van der Waals surface area contributed by atoms with Crippen molar-refractivity contribution in [2.24, 2.45) is 0 Å². The minimum Gasteiger partial charge on any atom is -0.501 e. The van der Waals surface area contributed by atoms with Crippen molar-refractivity contribution in [3.8, 4) is 0 Å². The molecule has 0 N–H and O–H groups in total. The van der Waals surface area contributed by atoms with Gasteiger partial charge in [-0.15, -0.1) is 0 Å². The number of rotatable bonds is 5. The van der Waals surface area contributed by atoms with Crippen LogP contribution in [0.25, 0.3) is 0 Å². The molecule has 0 aromatic heterocycles. The molecule has 0 atom stereocenters. The van der Waals surface area contributed by atoms with Crippen molar-refractivity contribution in [3.05, 3.63) is 25.0 Å². The zero-order chi connectivity index (χ0) is 7.98. The third-order valence-electron chi connectivity index (χ3n) is 1.04. The molecule has 0 aromatic carbocycles. The number of allylic oxidation sites excluding steroid dienone is 1. The SMILES string of the molecule is C=COCCC(=O)C(=C)C. The first-order valence-electron chi connectivity index (χ1n) is 3.09. The topological polar surface area (TPSA) is 26.3 Å². The summed E-state index contributed by atoms with van der Waals surface area (Å²) in [5.41, 5.74) is 0.577. The largest absolute Gasteiger partial charge is 0.501 e. The fourth-order valence-electron chi connectivity index (χ4n) is 0.448. The van der Waals surface area contributed by atoms with Gasteiger partial charge in [-0.1, -0.05) is 13.2 Å². The second-order valence-electron chi connectivity index (χ2n) is 1.99. The Morgan fingerprint density at radius 2 is 2.30 bits per heavy atom. The highest BCUT2D eigenvalue weighted by molar-refractivity contribution is 5.94. The monoisotopic (exact) mass is 140 g/mol.